The highest BCUT2D eigenvalue weighted by Gasteiger charge is 2.35. The zero-order valence-electron chi connectivity index (χ0n) is 12.3. The Morgan fingerprint density at radius 2 is 2.10 bits per heavy atom. The lowest BCUT2D eigenvalue weighted by Crippen LogP contribution is -2.44. The molecule has 0 saturated carbocycles. The lowest BCUT2D eigenvalue weighted by Gasteiger charge is -2.30. The Hall–Kier alpha value is -0.990. The number of hydrogen-bond acceptors (Lipinski definition) is 7. The first-order valence-electron chi connectivity index (χ1n) is 7.58. The molecule has 2 saturated heterocycles. The fraction of sp³-hybridized carbons (Fsp3) is 0.846. The molecule has 1 aromatic heterocycles. The number of rotatable bonds is 3. The first kappa shape index (κ1) is 14.9. The second kappa shape index (κ2) is 6.02. The number of sulfone groups is 1. The molecule has 2 unspecified atom stereocenters. The van der Waals surface area contributed by atoms with Crippen LogP contribution in [0.4, 0.5) is 0 Å². The van der Waals surface area contributed by atoms with Gasteiger partial charge in [-0.05, 0) is 19.8 Å². The predicted octanol–water partition coefficient (Wildman–Crippen LogP) is 0.676. The van der Waals surface area contributed by atoms with Crippen LogP contribution in [0.5, 0.6) is 0 Å². The molecule has 1 aromatic rings. The molecule has 8 heteroatoms. The van der Waals surface area contributed by atoms with Crippen LogP contribution in [0, 0.1) is 0 Å². The van der Waals surface area contributed by atoms with E-state index in [0.717, 1.165) is 39.0 Å². The van der Waals surface area contributed by atoms with Crippen molar-refractivity contribution in [3.8, 4) is 0 Å². The highest BCUT2D eigenvalue weighted by molar-refractivity contribution is 7.91. The summed E-state index contributed by atoms with van der Waals surface area (Å²) in [4.78, 5) is 6.66. The standard InChI is InChI=1S/C13H22N4O3S/c1-10(17-7-5-14-6-8-17)12-15-13(20-16-12)11-4-2-3-9-21(11,18)19/h10-11,14H,2-9H2,1H3. The van der Waals surface area contributed by atoms with E-state index in [9.17, 15) is 8.42 Å². The summed E-state index contributed by atoms with van der Waals surface area (Å²) < 4.78 is 29.5. The van der Waals surface area contributed by atoms with Gasteiger partial charge in [-0.25, -0.2) is 8.42 Å². The van der Waals surface area contributed by atoms with E-state index in [-0.39, 0.29) is 17.7 Å². The largest absolute Gasteiger partial charge is 0.338 e. The van der Waals surface area contributed by atoms with Gasteiger partial charge in [0.25, 0.3) is 0 Å². The van der Waals surface area contributed by atoms with Crippen LogP contribution in [0.2, 0.25) is 0 Å². The lowest BCUT2D eigenvalue weighted by atomic mass is 10.2. The first-order chi connectivity index (χ1) is 10.1. The minimum absolute atomic E-state index is 0.0518. The summed E-state index contributed by atoms with van der Waals surface area (Å²) in [5.74, 6) is 1.09. The van der Waals surface area contributed by atoms with E-state index < -0.39 is 15.1 Å². The maximum atomic E-state index is 12.1. The van der Waals surface area contributed by atoms with Crippen molar-refractivity contribution in [1.29, 1.82) is 0 Å². The molecular weight excluding hydrogens is 292 g/mol. The molecule has 0 radical (unpaired) electrons. The zero-order chi connectivity index (χ0) is 14.9. The summed E-state index contributed by atoms with van der Waals surface area (Å²) in [6.07, 6.45) is 2.22. The van der Waals surface area contributed by atoms with Gasteiger partial charge >= 0.3 is 0 Å². The van der Waals surface area contributed by atoms with Crippen LogP contribution in [0.15, 0.2) is 4.52 Å². The van der Waals surface area contributed by atoms with Crippen molar-refractivity contribution in [2.45, 2.75) is 37.5 Å². The first-order valence-corrected chi connectivity index (χ1v) is 9.29. The SMILES string of the molecule is CC(c1noc(C2CCCCS2(=O)=O)n1)N1CCNCC1. The number of hydrogen-bond donors (Lipinski definition) is 1. The molecule has 7 nitrogen and oxygen atoms in total. The molecule has 1 N–H and O–H groups in total. The number of nitrogens with one attached hydrogen (secondary N) is 1. The minimum atomic E-state index is -3.13. The van der Waals surface area contributed by atoms with Gasteiger partial charge in [-0.1, -0.05) is 11.6 Å². The van der Waals surface area contributed by atoms with Gasteiger partial charge in [0.05, 0.1) is 11.8 Å². The average Bonchev–Trinajstić information content (AvgIpc) is 2.96. The molecule has 0 aliphatic carbocycles. The van der Waals surface area contributed by atoms with Gasteiger partial charge in [-0.3, -0.25) is 4.90 Å². The second-order valence-corrected chi connectivity index (χ2v) is 8.11. The summed E-state index contributed by atoms with van der Waals surface area (Å²) >= 11 is 0. The molecule has 2 aliphatic heterocycles. The second-order valence-electron chi connectivity index (χ2n) is 5.80. The van der Waals surface area contributed by atoms with Crippen LogP contribution in [0.25, 0.3) is 0 Å². The third kappa shape index (κ3) is 3.12. The fourth-order valence-electron chi connectivity index (χ4n) is 3.01. The van der Waals surface area contributed by atoms with Gasteiger partial charge < -0.3 is 9.84 Å². The van der Waals surface area contributed by atoms with Crippen molar-refractivity contribution in [3.63, 3.8) is 0 Å². The van der Waals surface area contributed by atoms with E-state index >= 15 is 0 Å². The third-order valence-electron chi connectivity index (χ3n) is 4.38. The van der Waals surface area contributed by atoms with Gasteiger partial charge in [0.2, 0.25) is 5.89 Å². The van der Waals surface area contributed by atoms with Gasteiger partial charge in [0.15, 0.2) is 15.7 Å². The Balaban J connectivity index is 1.76. The maximum Gasteiger partial charge on any atom is 0.245 e. The Bertz CT molecular complexity index is 580. The normalized spacial score (nSPS) is 28.3. The van der Waals surface area contributed by atoms with E-state index in [0.29, 0.717) is 12.2 Å². The van der Waals surface area contributed by atoms with E-state index in [1.54, 1.807) is 0 Å². The van der Waals surface area contributed by atoms with Crippen LogP contribution >= 0.6 is 0 Å². The Morgan fingerprint density at radius 3 is 2.81 bits per heavy atom. The Labute approximate surface area is 125 Å². The minimum Gasteiger partial charge on any atom is -0.338 e. The average molecular weight is 314 g/mol. The molecule has 0 amide bonds. The quantitative estimate of drug-likeness (QED) is 0.877. The van der Waals surface area contributed by atoms with Crippen molar-refractivity contribution in [1.82, 2.24) is 20.4 Å². The van der Waals surface area contributed by atoms with Crippen molar-refractivity contribution >= 4 is 9.84 Å². The molecule has 2 atom stereocenters. The molecule has 0 spiro atoms. The van der Waals surface area contributed by atoms with Crippen molar-refractivity contribution in [3.05, 3.63) is 11.7 Å². The van der Waals surface area contributed by atoms with Crippen LogP contribution in [0.1, 0.15) is 49.2 Å². The lowest BCUT2D eigenvalue weighted by molar-refractivity contribution is 0.176. The van der Waals surface area contributed by atoms with Crippen LogP contribution in [-0.4, -0.2) is 55.4 Å². The van der Waals surface area contributed by atoms with Crippen molar-refractivity contribution in [2.75, 3.05) is 31.9 Å². The van der Waals surface area contributed by atoms with Gasteiger partial charge in [-0.15, -0.1) is 0 Å². The van der Waals surface area contributed by atoms with Crippen molar-refractivity contribution < 1.29 is 12.9 Å². The van der Waals surface area contributed by atoms with Crippen LogP contribution in [0.3, 0.4) is 0 Å². The van der Waals surface area contributed by atoms with Crippen molar-refractivity contribution in [2.24, 2.45) is 0 Å². The third-order valence-corrected chi connectivity index (χ3v) is 6.55. The molecular formula is C13H22N4O3S. The highest BCUT2D eigenvalue weighted by atomic mass is 32.2. The molecule has 0 bridgehead atoms. The Kier molecular flexibility index (Phi) is 4.28. The van der Waals surface area contributed by atoms with Gasteiger partial charge in [-0.2, -0.15) is 4.98 Å². The number of nitrogens with zero attached hydrogens (tertiary/aromatic N) is 3. The summed E-state index contributed by atoms with van der Waals surface area (Å²) in [5.41, 5.74) is 0. The molecule has 0 aromatic carbocycles. The van der Waals surface area contributed by atoms with Crippen LogP contribution < -0.4 is 5.32 Å². The predicted molar refractivity (Wildman–Crippen MR) is 77.5 cm³/mol. The summed E-state index contributed by atoms with van der Waals surface area (Å²) in [6.45, 7) is 5.81. The van der Waals surface area contributed by atoms with Gasteiger partial charge in [0.1, 0.15) is 5.25 Å². The topological polar surface area (TPSA) is 88.3 Å². The Morgan fingerprint density at radius 1 is 1.33 bits per heavy atom. The molecule has 2 aliphatic rings. The smallest absolute Gasteiger partial charge is 0.245 e. The van der Waals surface area contributed by atoms with E-state index in [4.69, 9.17) is 4.52 Å². The summed E-state index contributed by atoms with van der Waals surface area (Å²) in [5, 5.41) is 6.71. The number of piperazine rings is 1. The monoisotopic (exact) mass is 314 g/mol. The maximum absolute atomic E-state index is 12.1. The van der Waals surface area contributed by atoms with E-state index in [1.165, 1.54) is 0 Å². The highest BCUT2D eigenvalue weighted by Crippen LogP contribution is 2.33. The molecule has 118 valence electrons. The summed E-state index contributed by atoms with van der Waals surface area (Å²) in [6, 6.07) is 0.0518. The number of aromatic nitrogens is 2. The fourth-order valence-corrected chi connectivity index (χ4v) is 4.83. The van der Waals surface area contributed by atoms with Crippen LogP contribution in [-0.2, 0) is 9.84 Å². The zero-order valence-corrected chi connectivity index (χ0v) is 13.1. The summed E-state index contributed by atoms with van der Waals surface area (Å²) in [7, 11) is -3.13. The molecule has 3 rings (SSSR count). The molecule has 21 heavy (non-hydrogen) atoms. The molecule has 3 heterocycles. The van der Waals surface area contributed by atoms with E-state index in [2.05, 4.69) is 20.4 Å². The molecule has 2 fully saturated rings. The van der Waals surface area contributed by atoms with Gasteiger partial charge in [0, 0.05) is 26.2 Å². The van der Waals surface area contributed by atoms with E-state index in [1.807, 2.05) is 6.92 Å².